The minimum atomic E-state index is 0.366. The monoisotopic (exact) mass is 267 g/mol. The van der Waals surface area contributed by atoms with Crippen molar-refractivity contribution in [3.8, 4) is 0 Å². The smallest absolute Gasteiger partial charge is 0.0919 e. The van der Waals surface area contributed by atoms with Gasteiger partial charge in [0.15, 0.2) is 0 Å². The first-order valence-electron chi connectivity index (χ1n) is 3.99. The lowest BCUT2D eigenvalue weighted by Gasteiger charge is -2.12. The number of rotatable bonds is 3. The van der Waals surface area contributed by atoms with Crippen LogP contribution in [0.3, 0.4) is 0 Å². The molecule has 0 saturated carbocycles. The second kappa shape index (κ2) is 4.23. The molecule has 0 fully saturated rings. The van der Waals surface area contributed by atoms with E-state index >= 15 is 0 Å². The normalized spacial score (nSPS) is 31.9. The third-order valence-electron chi connectivity index (χ3n) is 1.92. The van der Waals surface area contributed by atoms with Crippen molar-refractivity contribution in [1.29, 1.82) is 0 Å². The average molecular weight is 267 g/mol. The third kappa shape index (κ3) is 2.92. The first-order chi connectivity index (χ1) is 5.20. The minimum Gasteiger partial charge on any atom is -0.287 e. The molecular weight excluding hydrogens is 253 g/mol. The Kier molecular flexibility index (Phi) is 3.54. The quantitative estimate of drug-likeness (QED) is 0.618. The van der Waals surface area contributed by atoms with Crippen molar-refractivity contribution in [1.82, 2.24) is 5.43 Å². The molecule has 64 valence electrons. The Morgan fingerprint density at radius 3 is 2.82 bits per heavy atom. The summed E-state index contributed by atoms with van der Waals surface area (Å²) >= 11 is 2.45. The van der Waals surface area contributed by atoms with Crippen LogP contribution in [0.25, 0.3) is 0 Å². The van der Waals surface area contributed by atoms with Crippen LogP contribution in [-0.2, 0) is 0 Å². The van der Waals surface area contributed by atoms with Crippen molar-refractivity contribution in [2.75, 3.05) is 0 Å². The Bertz CT molecular complexity index is 147. The molecule has 1 heterocycles. The Morgan fingerprint density at radius 2 is 2.36 bits per heavy atom. The number of halogens is 1. The van der Waals surface area contributed by atoms with Gasteiger partial charge in [0.05, 0.1) is 12.1 Å². The van der Waals surface area contributed by atoms with Crippen LogP contribution in [0, 0.1) is 0 Å². The molecule has 1 N–H and O–H groups in total. The minimum absolute atomic E-state index is 0.366. The summed E-state index contributed by atoms with van der Waals surface area (Å²) in [5.74, 6) is 0. The van der Waals surface area contributed by atoms with E-state index in [0.717, 1.165) is 3.92 Å². The van der Waals surface area contributed by atoms with E-state index in [0.29, 0.717) is 12.1 Å². The molecule has 3 nitrogen and oxygen atoms in total. The van der Waals surface area contributed by atoms with E-state index in [1.165, 1.54) is 12.8 Å². The molecule has 0 amide bonds. The maximum atomic E-state index is 4.01. The summed E-state index contributed by atoms with van der Waals surface area (Å²) in [5.41, 5.74) is 3.02. The molecule has 1 aliphatic rings. The Balaban J connectivity index is 2.18. The van der Waals surface area contributed by atoms with E-state index in [-0.39, 0.29) is 0 Å². The molecule has 0 saturated heterocycles. The van der Waals surface area contributed by atoms with Crippen molar-refractivity contribution < 1.29 is 0 Å². The SMILES string of the molecule is CC(I)CCC1NN=NC1C. The molecule has 1 aliphatic heterocycles. The van der Waals surface area contributed by atoms with E-state index in [1.54, 1.807) is 0 Å². The fourth-order valence-corrected chi connectivity index (χ4v) is 1.46. The van der Waals surface area contributed by atoms with Gasteiger partial charge in [0, 0.05) is 3.92 Å². The van der Waals surface area contributed by atoms with Gasteiger partial charge in [-0.2, -0.15) is 5.11 Å². The molecular formula is C7H14IN3. The van der Waals surface area contributed by atoms with Gasteiger partial charge >= 0.3 is 0 Å². The zero-order chi connectivity index (χ0) is 8.27. The van der Waals surface area contributed by atoms with Crippen LogP contribution in [-0.4, -0.2) is 16.0 Å². The van der Waals surface area contributed by atoms with Crippen molar-refractivity contribution in [2.45, 2.75) is 42.7 Å². The molecule has 0 radical (unpaired) electrons. The second-order valence-electron chi connectivity index (χ2n) is 3.05. The number of hydrogen-bond donors (Lipinski definition) is 1. The maximum Gasteiger partial charge on any atom is 0.0919 e. The number of nitrogens with one attached hydrogen (secondary N) is 1. The van der Waals surface area contributed by atoms with Gasteiger partial charge in [-0.3, -0.25) is 5.43 Å². The molecule has 4 heteroatoms. The van der Waals surface area contributed by atoms with Gasteiger partial charge in [-0.1, -0.05) is 34.7 Å². The molecule has 0 aromatic carbocycles. The lowest BCUT2D eigenvalue weighted by Crippen LogP contribution is -2.28. The second-order valence-corrected chi connectivity index (χ2v) is 5.18. The highest BCUT2D eigenvalue weighted by atomic mass is 127. The van der Waals surface area contributed by atoms with Crippen molar-refractivity contribution in [2.24, 2.45) is 10.3 Å². The standard InChI is InChI=1S/C7H14IN3/c1-5(8)3-4-7-6(2)9-11-10-7/h5-7H,3-4H2,1-2H3,(H,9,10). The summed E-state index contributed by atoms with van der Waals surface area (Å²) in [6.07, 6.45) is 2.42. The first kappa shape index (κ1) is 9.22. The Hall–Kier alpha value is 0.130. The Morgan fingerprint density at radius 1 is 1.64 bits per heavy atom. The predicted molar refractivity (Wildman–Crippen MR) is 54.0 cm³/mol. The van der Waals surface area contributed by atoms with E-state index in [9.17, 15) is 0 Å². The van der Waals surface area contributed by atoms with Gasteiger partial charge in [-0.05, 0) is 19.8 Å². The molecule has 3 atom stereocenters. The van der Waals surface area contributed by atoms with Gasteiger partial charge in [0.2, 0.25) is 0 Å². The van der Waals surface area contributed by atoms with Gasteiger partial charge in [0.1, 0.15) is 0 Å². The zero-order valence-corrected chi connectivity index (χ0v) is 9.08. The molecule has 3 unspecified atom stereocenters. The highest BCUT2D eigenvalue weighted by Crippen LogP contribution is 2.15. The van der Waals surface area contributed by atoms with Gasteiger partial charge in [0.25, 0.3) is 0 Å². The summed E-state index contributed by atoms with van der Waals surface area (Å²) in [5, 5.41) is 7.80. The molecule has 1 rings (SSSR count). The van der Waals surface area contributed by atoms with Gasteiger partial charge in [-0.15, -0.1) is 0 Å². The highest BCUT2D eigenvalue weighted by molar-refractivity contribution is 14.1. The van der Waals surface area contributed by atoms with Crippen LogP contribution in [0.1, 0.15) is 26.7 Å². The van der Waals surface area contributed by atoms with Crippen LogP contribution in [0.5, 0.6) is 0 Å². The number of alkyl halides is 1. The lowest BCUT2D eigenvalue weighted by atomic mass is 10.1. The largest absolute Gasteiger partial charge is 0.287 e. The summed E-state index contributed by atoms with van der Waals surface area (Å²) in [6, 6.07) is 0.845. The fourth-order valence-electron chi connectivity index (χ4n) is 1.10. The van der Waals surface area contributed by atoms with E-state index in [4.69, 9.17) is 0 Å². The highest BCUT2D eigenvalue weighted by Gasteiger charge is 2.20. The maximum absolute atomic E-state index is 4.01. The molecule has 0 aromatic rings. The summed E-state index contributed by atoms with van der Waals surface area (Å²) in [7, 11) is 0. The van der Waals surface area contributed by atoms with Crippen LogP contribution >= 0.6 is 22.6 Å². The van der Waals surface area contributed by atoms with E-state index in [2.05, 4.69) is 52.2 Å². The van der Waals surface area contributed by atoms with Crippen LogP contribution < -0.4 is 5.43 Å². The van der Waals surface area contributed by atoms with E-state index < -0.39 is 0 Å². The van der Waals surface area contributed by atoms with Crippen molar-refractivity contribution in [3.05, 3.63) is 0 Å². The molecule has 0 aliphatic carbocycles. The first-order valence-corrected chi connectivity index (χ1v) is 5.24. The van der Waals surface area contributed by atoms with Crippen molar-refractivity contribution >= 4 is 22.6 Å². The Labute approximate surface area is 81.2 Å². The number of hydrogen-bond acceptors (Lipinski definition) is 3. The molecule has 0 bridgehead atoms. The third-order valence-corrected chi connectivity index (χ3v) is 2.54. The lowest BCUT2D eigenvalue weighted by molar-refractivity contribution is 0.484. The molecule has 0 aromatic heterocycles. The van der Waals surface area contributed by atoms with E-state index in [1.807, 2.05) is 0 Å². The van der Waals surface area contributed by atoms with Crippen LogP contribution in [0.4, 0.5) is 0 Å². The zero-order valence-electron chi connectivity index (χ0n) is 6.92. The summed E-state index contributed by atoms with van der Waals surface area (Å²) in [4.78, 5) is 0. The molecule has 11 heavy (non-hydrogen) atoms. The summed E-state index contributed by atoms with van der Waals surface area (Å²) < 4.78 is 0.752. The number of nitrogens with zero attached hydrogens (tertiary/aromatic N) is 2. The predicted octanol–water partition coefficient (Wildman–Crippen LogP) is 2.32. The van der Waals surface area contributed by atoms with Crippen molar-refractivity contribution in [3.63, 3.8) is 0 Å². The fraction of sp³-hybridized carbons (Fsp3) is 1.00. The van der Waals surface area contributed by atoms with Gasteiger partial charge in [-0.25, -0.2) is 0 Å². The topological polar surface area (TPSA) is 36.8 Å². The average Bonchev–Trinajstić information content (AvgIpc) is 2.31. The van der Waals surface area contributed by atoms with Crippen LogP contribution in [0.15, 0.2) is 10.3 Å². The van der Waals surface area contributed by atoms with Crippen LogP contribution in [0.2, 0.25) is 0 Å². The summed E-state index contributed by atoms with van der Waals surface area (Å²) in [6.45, 7) is 4.33. The molecule has 0 spiro atoms. The van der Waals surface area contributed by atoms with Gasteiger partial charge < -0.3 is 0 Å².